The van der Waals surface area contributed by atoms with Crippen LogP contribution in [0, 0.1) is 16.7 Å². The fraction of sp³-hybridized carbons (Fsp3) is 0.562. The number of nitrogens with zero attached hydrogens (tertiary/aromatic N) is 1. The molecule has 1 saturated carbocycles. The Hall–Kier alpha value is -1.69. The van der Waals surface area contributed by atoms with Gasteiger partial charge in [0.2, 0.25) is 6.79 Å². The molecule has 1 fully saturated rings. The zero-order chi connectivity index (χ0) is 13.5. The van der Waals surface area contributed by atoms with Crippen LogP contribution < -0.4 is 9.47 Å². The van der Waals surface area contributed by atoms with Crippen LogP contribution in [0.5, 0.6) is 11.5 Å². The van der Waals surface area contributed by atoms with Gasteiger partial charge in [-0.2, -0.15) is 5.26 Å². The van der Waals surface area contributed by atoms with E-state index in [-0.39, 0.29) is 12.2 Å². The molecule has 3 rings (SSSR count). The van der Waals surface area contributed by atoms with Crippen molar-refractivity contribution in [3.05, 3.63) is 23.8 Å². The van der Waals surface area contributed by atoms with Crippen molar-refractivity contribution in [1.29, 1.82) is 5.26 Å². The first-order chi connectivity index (χ1) is 9.17. The number of rotatable bonds is 3. The van der Waals surface area contributed by atoms with Gasteiger partial charge in [0.1, 0.15) is 0 Å². The van der Waals surface area contributed by atoms with Gasteiger partial charge in [0.15, 0.2) is 11.5 Å². The molecular formula is C16H19NO2. The van der Waals surface area contributed by atoms with E-state index in [9.17, 15) is 5.26 Å². The lowest BCUT2D eigenvalue weighted by Crippen LogP contribution is -2.48. The van der Waals surface area contributed by atoms with Gasteiger partial charge in [0, 0.05) is 0 Å². The van der Waals surface area contributed by atoms with Crippen molar-refractivity contribution in [1.82, 2.24) is 0 Å². The van der Waals surface area contributed by atoms with Crippen LogP contribution in [0.2, 0.25) is 0 Å². The SMILES string of the molecule is CCC1(CC)CC(C#N)(c2ccc3c(c2)OCO3)C1. The van der Waals surface area contributed by atoms with Gasteiger partial charge < -0.3 is 9.47 Å². The molecule has 0 radical (unpaired) electrons. The number of benzene rings is 1. The molecule has 0 spiro atoms. The van der Waals surface area contributed by atoms with E-state index in [1.807, 2.05) is 18.2 Å². The summed E-state index contributed by atoms with van der Waals surface area (Å²) in [6, 6.07) is 8.48. The van der Waals surface area contributed by atoms with E-state index in [2.05, 4.69) is 19.9 Å². The summed E-state index contributed by atoms with van der Waals surface area (Å²) in [5.74, 6) is 1.56. The largest absolute Gasteiger partial charge is 0.454 e. The Morgan fingerprint density at radius 3 is 2.47 bits per heavy atom. The van der Waals surface area contributed by atoms with Crippen LogP contribution in [0.25, 0.3) is 0 Å². The van der Waals surface area contributed by atoms with E-state index in [4.69, 9.17) is 9.47 Å². The van der Waals surface area contributed by atoms with Gasteiger partial charge in [0.25, 0.3) is 0 Å². The van der Waals surface area contributed by atoms with E-state index < -0.39 is 0 Å². The summed E-state index contributed by atoms with van der Waals surface area (Å²) in [5.41, 5.74) is 1.11. The standard InChI is InChI=1S/C16H19NO2/c1-3-15(4-2)8-16(9-15,10-17)12-5-6-13-14(7-12)19-11-18-13/h5-7H,3-4,8-9,11H2,1-2H3. The fourth-order valence-corrected chi connectivity index (χ4v) is 3.52. The predicted molar refractivity (Wildman–Crippen MR) is 72.1 cm³/mol. The second-order valence-electron chi connectivity index (χ2n) is 5.82. The first-order valence-corrected chi connectivity index (χ1v) is 6.98. The minimum Gasteiger partial charge on any atom is -0.454 e. The summed E-state index contributed by atoms with van der Waals surface area (Å²) in [6.45, 7) is 4.74. The minimum absolute atomic E-state index is 0.284. The molecule has 0 saturated heterocycles. The number of fused-ring (bicyclic) bond motifs is 1. The Kier molecular flexibility index (Phi) is 2.70. The van der Waals surface area contributed by atoms with Gasteiger partial charge in [-0.05, 0) is 36.0 Å². The lowest BCUT2D eigenvalue weighted by Gasteiger charge is -2.53. The molecule has 19 heavy (non-hydrogen) atoms. The monoisotopic (exact) mass is 257 g/mol. The highest BCUT2D eigenvalue weighted by Gasteiger charge is 2.54. The van der Waals surface area contributed by atoms with Crippen molar-refractivity contribution in [2.45, 2.75) is 44.9 Å². The van der Waals surface area contributed by atoms with E-state index in [0.29, 0.717) is 5.41 Å². The molecule has 0 bridgehead atoms. The number of nitriles is 1. The van der Waals surface area contributed by atoms with Gasteiger partial charge in [-0.3, -0.25) is 0 Å². The van der Waals surface area contributed by atoms with Crippen LogP contribution in [0.4, 0.5) is 0 Å². The summed E-state index contributed by atoms with van der Waals surface area (Å²) in [7, 11) is 0. The van der Waals surface area contributed by atoms with Gasteiger partial charge in [-0.1, -0.05) is 32.8 Å². The molecule has 0 aromatic heterocycles. The first-order valence-electron chi connectivity index (χ1n) is 6.98. The maximum Gasteiger partial charge on any atom is 0.231 e. The van der Waals surface area contributed by atoms with E-state index in [1.165, 1.54) is 0 Å². The van der Waals surface area contributed by atoms with E-state index >= 15 is 0 Å². The maximum atomic E-state index is 9.64. The van der Waals surface area contributed by atoms with Crippen LogP contribution in [0.15, 0.2) is 18.2 Å². The molecule has 3 heteroatoms. The number of hydrogen-bond donors (Lipinski definition) is 0. The third-order valence-corrected chi connectivity index (χ3v) is 4.99. The molecule has 2 aliphatic rings. The molecule has 1 heterocycles. The summed E-state index contributed by atoms with van der Waals surface area (Å²) < 4.78 is 10.7. The maximum absolute atomic E-state index is 9.64. The highest BCUT2D eigenvalue weighted by Crippen LogP contribution is 2.59. The molecule has 3 nitrogen and oxygen atoms in total. The van der Waals surface area contributed by atoms with Gasteiger partial charge >= 0.3 is 0 Å². The highest BCUT2D eigenvalue weighted by molar-refractivity contribution is 5.49. The predicted octanol–water partition coefficient (Wildman–Crippen LogP) is 3.78. The summed E-state index contributed by atoms with van der Waals surface area (Å²) >= 11 is 0. The Bertz CT molecular complexity index is 532. The fourth-order valence-electron chi connectivity index (χ4n) is 3.52. The second kappa shape index (κ2) is 4.16. The van der Waals surface area contributed by atoms with Crippen LogP contribution in [0.1, 0.15) is 45.1 Å². The van der Waals surface area contributed by atoms with Crippen molar-refractivity contribution < 1.29 is 9.47 Å². The Morgan fingerprint density at radius 1 is 1.16 bits per heavy atom. The molecule has 1 aromatic rings. The summed E-state index contributed by atoms with van der Waals surface area (Å²) in [6.07, 6.45) is 4.22. The normalized spacial score (nSPS) is 21.5. The van der Waals surface area contributed by atoms with Gasteiger partial charge in [-0.15, -0.1) is 0 Å². The van der Waals surface area contributed by atoms with Crippen LogP contribution in [-0.2, 0) is 5.41 Å². The highest BCUT2D eigenvalue weighted by atomic mass is 16.7. The van der Waals surface area contributed by atoms with Gasteiger partial charge in [0.05, 0.1) is 11.5 Å². The molecule has 1 aliphatic heterocycles. The topological polar surface area (TPSA) is 42.2 Å². The molecule has 0 amide bonds. The Balaban J connectivity index is 1.91. The lowest BCUT2D eigenvalue weighted by molar-refractivity contribution is 0.0478. The van der Waals surface area contributed by atoms with Crippen molar-refractivity contribution in [2.24, 2.45) is 5.41 Å². The molecule has 0 unspecified atom stereocenters. The third kappa shape index (κ3) is 1.70. The lowest BCUT2D eigenvalue weighted by atomic mass is 9.49. The zero-order valence-electron chi connectivity index (χ0n) is 11.5. The zero-order valence-corrected chi connectivity index (χ0v) is 11.5. The van der Waals surface area contributed by atoms with Crippen molar-refractivity contribution in [3.8, 4) is 17.6 Å². The minimum atomic E-state index is -0.326. The summed E-state index contributed by atoms with van der Waals surface area (Å²) in [5, 5.41) is 9.64. The van der Waals surface area contributed by atoms with E-state index in [0.717, 1.165) is 42.7 Å². The van der Waals surface area contributed by atoms with Crippen molar-refractivity contribution in [2.75, 3.05) is 6.79 Å². The van der Waals surface area contributed by atoms with Crippen molar-refractivity contribution >= 4 is 0 Å². The molecule has 0 N–H and O–H groups in total. The molecule has 100 valence electrons. The smallest absolute Gasteiger partial charge is 0.231 e. The average molecular weight is 257 g/mol. The number of hydrogen-bond acceptors (Lipinski definition) is 3. The van der Waals surface area contributed by atoms with Crippen LogP contribution in [0.3, 0.4) is 0 Å². The first kappa shape index (κ1) is 12.3. The quantitative estimate of drug-likeness (QED) is 0.827. The third-order valence-electron chi connectivity index (χ3n) is 4.99. The van der Waals surface area contributed by atoms with E-state index in [1.54, 1.807) is 0 Å². The average Bonchev–Trinajstić information content (AvgIpc) is 2.87. The second-order valence-corrected chi connectivity index (χ2v) is 5.82. The Labute approximate surface area is 114 Å². The van der Waals surface area contributed by atoms with Crippen molar-refractivity contribution in [3.63, 3.8) is 0 Å². The van der Waals surface area contributed by atoms with Crippen LogP contribution >= 0.6 is 0 Å². The van der Waals surface area contributed by atoms with Crippen LogP contribution in [-0.4, -0.2) is 6.79 Å². The molecule has 0 atom stereocenters. The molecule has 1 aromatic carbocycles. The molecule has 1 aliphatic carbocycles. The molecular weight excluding hydrogens is 238 g/mol. The summed E-state index contributed by atoms with van der Waals surface area (Å²) in [4.78, 5) is 0. The van der Waals surface area contributed by atoms with Gasteiger partial charge in [-0.25, -0.2) is 0 Å². The number of ether oxygens (including phenoxy) is 2. The Morgan fingerprint density at radius 2 is 1.84 bits per heavy atom.